The van der Waals surface area contributed by atoms with E-state index >= 15 is 0 Å². The molecule has 1 atom stereocenters. The summed E-state index contributed by atoms with van der Waals surface area (Å²) in [4.78, 5) is 24.6. The lowest BCUT2D eigenvalue weighted by Crippen LogP contribution is -2.33. The smallest absolute Gasteiger partial charge is 0.337 e. The van der Waals surface area contributed by atoms with Gasteiger partial charge in [0.2, 0.25) is 0 Å². The van der Waals surface area contributed by atoms with Crippen LogP contribution in [0.5, 0.6) is 0 Å². The maximum Gasteiger partial charge on any atom is 0.337 e. The predicted molar refractivity (Wildman–Crippen MR) is 114 cm³/mol. The zero-order valence-corrected chi connectivity index (χ0v) is 16.5. The first-order valence-electron chi connectivity index (χ1n) is 9.39. The van der Waals surface area contributed by atoms with Crippen LogP contribution in [0.2, 0.25) is 0 Å². The Kier molecular flexibility index (Phi) is 6.80. The number of amides is 2. The molecule has 0 saturated heterocycles. The van der Waals surface area contributed by atoms with Crippen LogP contribution >= 0.6 is 0 Å². The van der Waals surface area contributed by atoms with E-state index in [-0.39, 0.29) is 12.1 Å². The number of anilines is 1. The molecular weight excluding hydrogens is 378 g/mol. The van der Waals surface area contributed by atoms with Crippen molar-refractivity contribution in [1.82, 2.24) is 5.32 Å². The summed E-state index contributed by atoms with van der Waals surface area (Å²) in [6.45, 7) is 0. The summed E-state index contributed by atoms with van der Waals surface area (Å²) in [5.74, 6) is -0.433. The van der Waals surface area contributed by atoms with E-state index < -0.39 is 5.97 Å². The van der Waals surface area contributed by atoms with Gasteiger partial charge in [0.25, 0.3) is 0 Å². The monoisotopic (exact) mass is 399 g/mol. The van der Waals surface area contributed by atoms with Crippen molar-refractivity contribution < 1.29 is 14.3 Å². The minimum Gasteiger partial charge on any atom is -0.465 e. The van der Waals surface area contributed by atoms with E-state index in [1.54, 1.807) is 42.5 Å². The quantitative estimate of drug-likeness (QED) is 0.599. The molecule has 0 aliphatic heterocycles. The number of esters is 1. The molecule has 6 nitrogen and oxygen atoms in total. The second-order valence-electron chi connectivity index (χ2n) is 6.65. The minimum absolute atomic E-state index is 0.365. The Bertz CT molecular complexity index is 1060. The number of carbonyl (C=O) groups is 2. The van der Waals surface area contributed by atoms with Crippen LogP contribution in [0, 0.1) is 11.3 Å². The number of benzene rings is 3. The highest BCUT2D eigenvalue weighted by atomic mass is 16.5. The Morgan fingerprint density at radius 3 is 2.40 bits per heavy atom. The van der Waals surface area contributed by atoms with Gasteiger partial charge in [0, 0.05) is 5.69 Å². The molecule has 0 aromatic heterocycles. The highest BCUT2D eigenvalue weighted by Crippen LogP contribution is 2.21. The first kappa shape index (κ1) is 20.6. The highest BCUT2D eigenvalue weighted by molar-refractivity contribution is 5.90. The van der Waals surface area contributed by atoms with Crippen molar-refractivity contribution >= 4 is 17.7 Å². The van der Waals surface area contributed by atoms with Crippen molar-refractivity contribution in [2.75, 3.05) is 12.4 Å². The van der Waals surface area contributed by atoms with E-state index in [0.717, 1.165) is 11.1 Å². The number of ether oxygens (including phenoxy) is 1. The van der Waals surface area contributed by atoms with Crippen LogP contribution < -0.4 is 10.6 Å². The van der Waals surface area contributed by atoms with E-state index in [0.29, 0.717) is 23.2 Å². The summed E-state index contributed by atoms with van der Waals surface area (Å²) in [7, 11) is 1.33. The zero-order valence-electron chi connectivity index (χ0n) is 16.5. The average Bonchev–Trinajstić information content (AvgIpc) is 2.79. The number of nitriles is 1. The van der Waals surface area contributed by atoms with Gasteiger partial charge in [-0.15, -0.1) is 0 Å². The summed E-state index contributed by atoms with van der Waals surface area (Å²) in [5.41, 5.74) is 3.35. The molecule has 3 aromatic carbocycles. The zero-order chi connectivity index (χ0) is 21.3. The van der Waals surface area contributed by atoms with Crippen LogP contribution in [-0.4, -0.2) is 19.1 Å². The van der Waals surface area contributed by atoms with Crippen molar-refractivity contribution in [2.45, 2.75) is 12.5 Å². The molecule has 0 saturated carbocycles. The number of hydrogen-bond donors (Lipinski definition) is 2. The predicted octanol–water partition coefficient (Wildman–Crippen LogP) is 4.45. The summed E-state index contributed by atoms with van der Waals surface area (Å²) >= 11 is 0. The molecule has 2 N–H and O–H groups in total. The third-order valence-electron chi connectivity index (χ3n) is 4.57. The minimum atomic E-state index is -0.433. The molecule has 3 aromatic rings. The summed E-state index contributed by atoms with van der Waals surface area (Å²) < 4.78 is 4.81. The molecule has 0 aliphatic carbocycles. The Morgan fingerprint density at radius 1 is 1.00 bits per heavy atom. The Balaban J connectivity index is 1.81. The number of methoxy groups -OCH3 is 1. The maximum atomic E-state index is 12.6. The number of nitrogens with zero attached hydrogens (tertiary/aromatic N) is 1. The third kappa shape index (κ3) is 5.46. The summed E-state index contributed by atoms with van der Waals surface area (Å²) in [6, 6.07) is 24.7. The molecule has 30 heavy (non-hydrogen) atoms. The van der Waals surface area contributed by atoms with Crippen LogP contribution in [0.4, 0.5) is 10.5 Å². The van der Waals surface area contributed by atoms with Gasteiger partial charge in [0.15, 0.2) is 0 Å². The average molecular weight is 399 g/mol. The van der Waals surface area contributed by atoms with Gasteiger partial charge in [-0.1, -0.05) is 42.5 Å². The van der Waals surface area contributed by atoms with Gasteiger partial charge >= 0.3 is 12.0 Å². The van der Waals surface area contributed by atoms with Gasteiger partial charge in [0.05, 0.1) is 30.3 Å². The topological polar surface area (TPSA) is 91.2 Å². The van der Waals surface area contributed by atoms with Gasteiger partial charge in [-0.25, -0.2) is 9.59 Å². The molecular formula is C24H21N3O3. The molecule has 0 radical (unpaired) electrons. The van der Waals surface area contributed by atoms with Crippen LogP contribution in [0.1, 0.15) is 33.1 Å². The van der Waals surface area contributed by atoms with Crippen LogP contribution in [0.3, 0.4) is 0 Å². The highest BCUT2D eigenvalue weighted by Gasteiger charge is 2.17. The molecule has 0 fully saturated rings. The second kappa shape index (κ2) is 9.89. The Morgan fingerprint density at radius 2 is 1.73 bits per heavy atom. The summed E-state index contributed by atoms with van der Waals surface area (Å²) in [5, 5.41) is 14.6. The van der Waals surface area contributed by atoms with Gasteiger partial charge in [-0.3, -0.25) is 0 Å². The van der Waals surface area contributed by atoms with E-state index in [2.05, 4.69) is 10.6 Å². The number of carbonyl (C=O) groups excluding carboxylic acids is 2. The number of rotatable bonds is 6. The normalized spacial score (nSPS) is 11.1. The first-order valence-corrected chi connectivity index (χ1v) is 9.39. The fraction of sp³-hybridized carbons (Fsp3) is 0.125. The number of nitrogens with one attached hydrogen (secondary N) is 2. The maximum absolute atomic E-state index is 12.6. The molecule has 0 heterocycles. The van der Waals surface area contributed by atoms with Crippen molar-refractivity contribution in [3.63, 3.8) is 0 Å². The Hall–Kier alpha value is -4.11. The van der Waals surface area contributed by atoms with E-state index in [9.17, 15) is 9.59 Å². The third-order valence-corrected chi connectivity index (χ3v) is 4.57. The van der Waals surface area contributed by atoms with E-state index in [4.69, 9.17) is 10.00 Å². The van der Waals surface area contributed by atoms with Gasteiger partial charge in [-0.05, 0) is 53.9 Å². The lowest BCUT2D eigenvalue weighted by atomic mass is 9.97. The lowest BCUT2D eigenvalue weighted by molar-refractivity contribution is 0.0600. The first-order chi connectivity index (χ1) is 14.6. The number of urea groups is 1. The molecule has 150 valence electrons. The standard InChI is InChI=1S/C24H21N3O3/c1-30-23(28)20-9-5-8-19(15-20)22(14-17-6-3-2-4-7-17)27-24(29)26-21-12-10-18(16-25)11-13-21/h2-13,15,22H,14H2,1H3,(H2,26,27,29). The van der Waals surface area contributed by atoms with E-state index in [1.165, 1.54) is 7.11 Å². The van der Waals surface area contributed by atoms with E-state index in [1.807, 2.05) is 42.5 Å². The number of hydrogen-bond acceptors (Lipinski definition) is 4. The fourth-order valence-electron chi connectivity index (χ4n) is 3.06. The molecule has 2 amide bonds. The van der Waals surface area contributed by atoms with Gasteiger partial charge in [0.1, 0.15) is 0 Å². The molecule has 6 heteroatoms. The van der Waals surface area contributed by atoms with Crippen molar-refractivity contribution in [1.29, 1.82) is 5.26 Å². The summed E-state index contributed by atoms with van der Waals surface area (Å²) in [6.07, 6.45) is 0.548. The Labute approximate surface area is 175 Å². The molecule has 0 spiro atoms. The molecule has 1 unspecified atom stereocenters. The van der Waals surface area contributed by atoms with Crippen LogP contribution in [0.25, 0.3) is 0 Å². The largest absolute Gasteiger partial charge is 0.465 e. The molecule has 0 aliphatic rings. The molecule has 0 bridgehead atoms. The van der Waals surface area contributed by atoms with Crippen molar-refractivity contribution in [3.05, 3.63) is 101 Å². The van der Waals surface area contributed by atoms with Gasteiger partial charge < -0.3 is 15.4 Å². The van der Waals surface area contributed by atoms with Crippen LogP contribution in [0.15, 0.2) is 78.9 Å². The van der Waals surface area contributed by atoms with Crippen LogP contribution in [-0.2, 0) is 11.2 Å². The second-order valence-corrected chi connectivity index (χ2v) is 6.65. The fourth-order valence-corrected chi connectivity index (χ4v) is 3.06. The van der Waals surface area contributed by atoms with Gasteiger partial charge in [-0.2, -0.15) is 5.26 Å². The lowest BCUT2D eigenvalue weighted by Gasteiger charge is -2.20. The SMILES string of the molecule is COC(=O)c1cccc(C(Cc2ccccc2)NC(=O)Nc2ccc(C#N)cc2)c1. The van der Waals surface area contributed by atoms with Crippen molar-refractivity contribution in [3.8, 4) is 6.07 Å². The van der Waals surface area contributed by atoms with Crippen molar-refractivity contribution in [2.24, 2.45) is 0 Å². The molecule has 3 rings (SSSR count).